The number of carbonyl (C=O) groups is 1. The van der Waals surface area contributed by atoms with Gasteiger partial charge in [0, 0.05) is 6.54 Å². The van der Waals surface area contributed by atoms with Gasteiger partial charge in [-0.1, -0.05) is 42.5 Å². The molecule has 3 rings (SSSR count). The van der Waals surface area contributed by atoms with E-state index in [1.165, 1.54) is 6.07 Å². The fourth-order valence-corrected chi connectivity index (χ4v) is 4.27. The molecule has 0 saturated carbocycles. The van der Waals surface area contributed by atoms with Crippen LogP contribution in [0.4, 0.5) is 0 Å². The highest BCUT2D eigenvalue weighted by atomic mass is 32.2. The monoisotopic (exact) mass is 347 g/mol. The number of aliphatic carboxylic acids is 1. The van der Waals surface area contributed by atoms with Crippen molar-refractivity contribution in [1.82, 2.24) is 4.31 Å². The molecule has 1 saturated heterocycles. The number of ether oxygens (including phenoxy) is 1. The average molecular weight is 347 g/mol. The summed E-state index contributed by atoms with van der Waals surface area (Å²) in [6.07, 6.45) is 0. The first-order valence-corrected chi connectivity index (χ1v) is 8.92. The zero-order valence-corrected chi connectivity index (χ0v) is 13.6. The van der Waals surface area contributed by atoms with Gasteiger partial charge >= 0.3 is 5.97 Å². The highest BCUT2D eigenvalue weighted by Gasteiger charge is 2.38. The lowest BCUT2D eigenvalue weighted by atomic mass is 10.1. The van der Waals surface area contributed by atoms with Crippen molar-refractivity contribution < 1.29 is 23.1 Å². The lowest BCUT2D eigenvalue weighted by Gasteiger charge is -2.31. The van der Waals surface area contributed by atoms with Crippen molar-refractivity contribution >= 4 is 16.0 Å². The van der Waals surface area contributed by atoms with Crippen LogP contribution in [0.3, 0.4) is 0 Å². The van der Waals surface area contributed by atoms with Crippen LogP contribution in [0.2, 0.25) is 0 Å². The Bertz CT molecular complexity index is 835. The summed E-state index contributed by atoms with van der Waals surface area (Å²) in [6, 6.07) is 14.7. The molecule has 0 radical (unpaired) electrons. The Morgan fingerprint density at radius 2 is 1.79 bits per heavy atom. The van der Waals surface area contributed by atoms with Gasteiger partial charge < -0.3 is 9.84 Å². The van der Waals surface area contributed by atoms with E-state index in [2.05, 4.69) is 0 Å². The predicted molar refractivity (Wildman–Crippen MR) is 88.0 cm³/mol. The fraction of sp³-hybridized carbons (Fsp3) is 0.235. The summed E-state index contributed by atoms with van der Waals surface area (Å²) in [5.41, 5.74) is 1.66. The van der Waals surface area contributed by atoms with E-state index in [4.69, 9.17) is 4.74 Å². The summed E-state index contributed by atoms with van der Waals surface area (Å²) in [5, 5.41) is 9.27. The fourth-order valence-electron chi connectivity index (χ4n) is 2.67. The van der Waals surface area contributed by atoms with Gasteiger partial charge in [0.1, 0.15) is 6.04 Å². The van der Waals surface area contributed by atoms with Crippen molar-refractivity contribution in [1.29, 1.82) is 0 Å². The minimum Gasteiger partial charge on any atom is -0.480 e. The summed E-state index contributed by atoms with van der Waals surface area (Å²) in [7, 11) is -3.91. The number of rotatable bonds is 4. The minimum atomic E-state index is -3.91. The first kappa shape index (κ1) is 16.6. The van der Waals surface area contributed by atoms with Crippen LogP contribution >= 0.6 is 0 Å². The number of hydrogen-bond acceptors (Lipinski definition) is 4. The molecule has 0 aliphatic carbocycles. The number of carboxylic acids is 1. The number of morpholine rings is 1. The third-order valence-electron chi connectivity index (χ3n) is 3.91. The van der Waals surface area contributed by atoms with Crippen LogP contribution < -0.4 is 0 Å². The molecule has 2 aromatic carbocycles. The summed E-state index contributed by atoms with van der Waals surface area (Å²) in [5.74, 6) is -1.21. The smallest absolute Gasteiger partial charge is 0.324 e. The van der Waals surface area contributed by atoms with Gasteiger partial charge in [0.2, 0.25) is 10.0 Å². The highest BCUT2D eigenvalue weighted by Crippen LogP contribution is 2.26. The molecule has 1 unspecified atom stereocenters. The molecule has 0 spiro atoms. The molecule has 6 nitrogen and oxygen atoms in total. The molecule has 24 heavy (non-hydrogen) atoms. The Hall–Kier alpha value is -2.22. The molecule has 0 amide bonds. The normalized spacial score (nSPS) is 19.1. The molecular weight excluding hydrogens is 330 g/mol. The Balaban J connectivity index is 1.99. The van der Waals surface area contributed by atoms with Crippen LogP contribution in [-0.4, -0.2) is 49.6 Å². The van der Waals surface area contributed by atoms with Gasteiger partial charge in [-0.15, -0.1) is 0 Å². The highest BCUT2D eigenvalue weighted by molar-refractivity contribution is 7.89. The molecule has 1 aliphatic rings. The van der Waals surface area contributed by atoms with Crippen molar-refractivity contribution in [2.75, 3.05) is 19.8 Å². The maximum Gasteiger partial charge on any atom is 0.324 e. The second-order valence-electron chi connectivity index (χ2n) is 5.44. The van der Waals surface area contributed by atoms with E-state index in [0.717, 1.165) is 15.4 Å². The van der Waals surface area contributed by atoms with Crippen LogP contribution in [0.5, 0.6) is 0 Å². The number of sulfonamides is 1. The molecule has 0 bridgehead atoms. The second kappa shape index (κ2) is 6.72. The SMILES string of the molecule is O=C(O)C1COCCN1S(=O)(=O)c1cccc(-c2ccccc2)c1. The summed E-state index contributed by atoms with van der Waals surface area (Å²) in [6.45, 7) is 0.0587. The van der Waals surface area contributed by atoms with Gasteiger partial charge in [0.15, 0.2) is 0 Å². The van der Waals surface area contributed by atoms with Crippen LogP contribution in [0.1, 0.15) is 0 Å². The Morgan fingerprint density at radius 1 is 1.08 bits per heavy atom. The molecule has 1 atom stereocenters. The average Bonchev–Trinajstić information content (AvgIpc) is 2.62. The summed E-state index contributed by atoms with van der Waals surface area (Å²) in [4.78, 5) is 11.4. The third-order valence-corrected chi connectivity index (χ3v) is 5.82. The molecule has 1 aliphatic heterocycles. The van der Waals surface area contributed by atoms with Gasteiger partial charge in [0.25, 0.3) is 0 Å². The quantitative estimate of drug-likeness (QED) is 0.912. The Kier molecular flexibility index (Phi) is 4.66. The second-order valence-corrected chi connectivity index (χ2v) is 7.33. The van der Waals surface area contributed by atoms with Crippen molar-refractivity contribution in [2.45, 2.75) is 10.9 Å². The minimum absolute atomic E-state index is 0.0227. The molecule has 0 aromatic heterocycles. The van der Waals surface area contributed by atoms with Gasteiger partial charge in [-0.3, -0.25) is 4.79 Å². The molecule has 1 N–H and O–H groups in total. The van der Waals surface area contributed by atoms with E-state index in [0.29, 0.717) is 0 Å². The topological polar surface area (TPSA) is 83.9 Å². The van der Waals surface area contributed by atoms with E-state index in [-0.39, 0.29) is 24.7 Å². The van der Waals surface area contributed by atoms with Crippen molar-refractivity contribution in [3.8, 4) is 11.1 Å². The van der Waals surface area contributed by atoms with E-state index < -0.39 is 22.0 Å². The van der Waals surface area contributed by atoms with Gasteiger partial charge in [0.05, 0.1) is 18.1 Å². The van der Waals surface area contributed by atoms with E-state index in [9.17, 15) is 18.3 Å². The third kappa shape index (κ3) is 3.19. The van der Waals surface area contributed by atoms with Crippen LogP contribution in [0, 0.1) is 0 Å². The van der Waals surface area contributed by atoms with Gasteiger partial charge in [-0.05, 0) is 23.3 Å². The van der Waals surface area contributed by atoms with E-state index >= 15 is 0 Å². The van der Waals surface area contributed by atoms with Crippen LogP contribution in [0.25, 0.3) is 11.1 Å². The van der Waals surface area contributed by atoms with Crippen LogP contribution in [-0.2, 0) is 19.6 Å². The summed E-state index contributed by atoms with van der Waals surface area (Å²) < 4.78 is 31.9. The molecule has 1 heterocycles. The molecule has 2 aromatic rings. The van der Waals surface area contributed by atoms with Gasteiger partial charge in [-0.2, -0.15) is 4.31 Å². The maximum atomic E-state index is 12.9. The first-order chi connectivity index (χ1) is 11.5. The summed E-state index contributed by atoms with van der Waals surface area (Å²) >= 11 is 0. The van der Waals surface area contributed by atoms with Gasteiger partial charge in [-0.25, -0.2) is 8.42 Å². The lowest BCUT2D eigenvalue weighted by molar-refractivity contribution is -0.146. The largest absolute Gasteiger partial charge is 0.480 e. The number of benzene rings is 2. The Morgan fingerprint density at radius 3 is 2.50 bits per heavy atom. The van der Waals surface area contributed by atoms with Crippen molar-refractivity contribution in [2.24, 2.45) is 0 Å². The molecule has 1 fully saturated rings. The molecule has 7 heteroatoms. The lowest BCUT2D eigenvalue weighted by Crippen LogP contribution is -2.52. The van der Waals surface area contributed by atoms with E-state index in [1.807, 2.05) is 36.4 Å². The molecule has 126 valence electrons. The number of hydrogen-bond donors (Lipinski definition) is 1. The van der Waals surface area contributed by atoms with Crippen molar-refractivity contribution in [3.63, 3.8) is 0 Å². The van der Waals surface area contributed by atoms with Crippen LogP contribution in [0.15, 0.2) is 59.5 Å². The number of carboxylic acid groups (broad SMARTS) is 1. The zero-order chi connectivity index (χ0) is 17.2. The predicted octanol–water partition coefficient (Wildman–Crippen LogP) is 1.83. The van der Waals surface area contributed by atoms with Crippen molar-refractivity contribution in [3.05, 3.63) is 54.6 Å². The standard InChI is InChI=1S/C17H17NO5S/c19-17(20)16-12-23-10-9-18(16)24(21,22)15-8-4-7-14(11-15)13-5-2-1-3-6-13/h1-8,11,16H,9-10,12H2,(H,19,20). The first-order valence-electron chi connectivity index (χ1n) is 7.48. The number of nitrogens with zero attached hydrogens (tertiary/aromatic N) is 1. The maximum absolute atomic E-state index is 12.9. The Labute approximate surface area is 140 Å². The zero-order valence-electron chi connectivity index (χ0n) is 12.8. The van der Waals surface area contributed by atoms with E-state index in [1.54, 1.807) is 12.1 Å². The molecular formula is C17H17NO5S.